The molecule has 0 atom stereocenters. The topological polar surface area (TPSA) is 43.8 Å². The van der Waals surface area contributed by atoms with Gasteiger partial charge in [0.15, 0.2) is 0 Å². The molecule has 0 spiro atoms. The van der Waals surface area contributed by atoms with Gasteiger partial charge in [-0.3, -0.25) is 0 Å². The van der Waals surface area contributed by atoms with Gasteiger partial charge in [-0.05, 0) is 44.0 Å². The number of rotatable bonds is 3. The standard InChI is InChI=1S/C14H16ClN3S/c1-4-11-8(2)17-18(9(11)3)10-5-6-12(14(16)19)13(15)7-10/h5-7H,4H2,1-3H3,(H2,16,19). The Kier molecular flexibility index (Phi) is 3.92. The lowest BCUT2D eigenvalue weighted by Gasteiger charge is -2.08. The van der Waals surface area contributed by atoms with Crippen LogP contribution in [0.5, 0.6) is 0 Å². The molecule has 0 amide bonds. The summed E-state index contributed by atoms with van der Waals surface area (Å²) in [6.45, 7) is 6.21. The Hall–Kier alpha value is -1.39. The van der Waals surface area contributed by atoms with Crippen LogP contribution in [0.15, 0.2) is 18.2 Å². The highest BCUT2D eigenvalue weighted by Crippen LogP contribution is 2.23. The van der Waals surface area contributed by atoms with Crippen LogP contribution in [0.3, 0.4) is 0 Å². The third-order valence-corrected chi connectivity index (χ3v) is 3.79. The van der Waals surface area contributed by atoms with E-state index >= 15 is 0 Å². The molecule has 100 valence electrons. The molecule has 1 heterocycles. The predicted molar refractivity (Wildman–Crippen MR) is 83.3 cm³/mol. The number of hydrogen-bond donors (Lipinski definition) is 1. The summed E-state index contributed by atoms with van der Waals surface area (Å²) in [5, 5.41) is 5.11. The van der Waals surface area contributed by atoms with E-state index in [9.17, 15) is 0 Å². The third kappa shape index (κ3) is 2.51. The smallest absolute Gasteiger partial charge is 0.105 e. The summed E-state index contributed by atoms with van der Waals surface area (Å²) in [4.78, 5) is 0.305. The fraction of sp³-hybridized carbons (Fsp3) is 0.286. The molecule has 0 aliphatic rings. The van der Waals surface area contributed by atoms with Gasteiger partial charge in [0.25, 0.3) is 0 Å². The molecular weight excluding hydrogens is 278 g/mol. The van der Waals surface area contributed by atoms with Gasteiger partial charge in [0.2, 0.25) is 0 Å². The van der Waals surface area contributed by atoms with E-state index in [0.717, 1.165) is 23.5 Å². The van der Waals surface area contributed by atoms with E-state index in [-0.39, 0.29) is 0 Å². The fourth-order valence-electron chi connectivity index (χ4n) is 2.27. The van der Waals surface area contributed by atoms with E-state index in [1.807, 2.05) is 29.8 Å². The number of nitrogens with two attached hydrogens (primary N) is 1. The average Bonchev–Trinajstić information content (AvgIpc) is 2.63. The molecule has 0 saturated carbocycles. The number of halogens is 1. The maximum atomic E-state index is 6.20. The molecule has 0 unspecified atom stereocenters. The van der Waals surface area contributed by atoms with Gasteiger partial charge in [0, 0.05) is 11.3 Å². The molecule has 2 N–H and O–H groups in total. The first kappa shape index (κ1) is 14.0. The van der Waals surface area contributed by atoms with E-state index in [4.69, 9.17) is 29.6 Å². The van der Waals surface area contributed by atoms with Crippen molar-refractivity contribution in [2.45, 2.75) is 27.2 Å². The van der Waals surface area contributed by atoms with Crippen LogP contribution in [0.25, 0.3) is 5.69 Å². The molecule has 0 aliphatic heterocycles. The van der Waals surface area contributed by atoms with Crippen molar-refractivity contribution in [3.8, 4) is 5.69 Å². The minimum atomic E-state index is 0.305. The first-order chi connectivity index (χ1) is 8.95. The van der Waals surface area contributed by atoms with Crippen molar-refractivity contribution in [3.05, 3.63) is 45.7 Å². The van der Waals surface area contributed by atoms with Gasteiger partial charge in [0.1, 0.15) is 4.99 Å². The zero-order valence-electron chi connectivity index (χ0n) is 11.2. The Balaban J connectivity index is 2.54. The number of aryl methyl sites for hydroxylation is 1. The van der Waals surface area contributed by atoms with Gasteiger partial charge < -0.3 is 5.73 Å². The van der Waals surface area contributed by atoms with Crippen LogP contribution in [0.2, 0.25) is 5.02 Å². The highest BCUT2D eigenvalue weighted by molar-refractivity contribution is 7.80. The molecule has 5 heteroatoms. The first-order valence-electron chi connectivity index (χ1n) is 6.10. The van der Waals surface area contributed by atoms with Gasteiger partial charge in [-0.15, -0.1) is 0 Å². The lowest BCUT2D eigenvalue weighted by atomic mass is 10.1. The molecular formula is C14H16ClN3S. The van der Waals surface area contributed by atoms with Crippen LogP contribution in [0.1, 0.15) is 29.4 Å². The number of aromatic nitrogens is 2. The Morgan fingerprint density at radius 2 is 2.11 bits per heavy atom. The second kappa shape index (κ2) is 5.31. The molecule has 19 heavy (non-hydrogen) atoms. The molecule has 0 aliphatic carbocycles. The van der Waals surface area contributed by atoms with Gasteiger partial charge >= 0.3 is 0 Å². The van der Waals surface area contributed by atoms with Crippen LogP contribution < -0.4 is 5.73 Å². The largest absolute Gasteiger partial charge is 0.389 e. The second-order valence-corrected chi connectivity index (χ2v) is 5.29. The molecule has 2 rings (SSSR count). The molecule has 0 fully saturated rings. The van der Waals surface area contributed by atoms with Crippen molar-refractivity contribution < 1.29 is 0 Å². The minimum absolute atomic E-state index is 0.305. The van der Waals surface area contributed by atoms with E-state index in [1.54, 1.807) is 0 Å². The number of benzene rings is 1. The van der Waals surface area contributed by atoms with E-state index in [2.05, 4.69) is 18.9 Å². The van der Waals surface area contributed by atoms with E-state index in [1.165, 1.54) is 5.56 Å². The fourth-order valence-corrected chi connectivity index (χ4v) is 2.78. The molecule has 0 saturated heterocycles. The number of nitrogens with zero attached hydrogens (tertiary/aromatic N) is 2. The Morgan fingerprint density at radius 3 is 2.58 bits per heavy atom. The zero-order valence-corrected chi connectivity index (χ0v) is 12.8. The van der Waals surface area contributed by atoms with Crippen LogP contribution in [0, 0.1) is 13.8 Å². The molecule has 3 nitrogen and oxygen atoms in total. The highest BCUT2D eigenvalue weighted by Gasteiger charge is 2.12. The van der Waals surface area contributed by atoms with Crippen LogP contribution in [-0.4, -0.2) is 14.8 Å². The Bertz CT molecular complexity index is 646. The van der Waals surface area contributed by atoms with Crippen LogP contribution in [-0.2, 0) is 6.42 Å². The summed E-state index contributed by atoms with van der Waals surface area (Å²) in [5.74, 6) is 0. The van der Waals surface area contributed by atoms with Gasteiger partial charge in [-0.2, -0.15) is 5.10 Å². The maximum Gasteiger partial charge on any atom is 0.105 e. The van der Waals surface area contributed by atoms with Crippen LogP contribution >= 0.6 is 23.8 Å². The summed E-state index contributed by atoms with van der Waals surface area (Å²) in [5.41, 5.74) is 10.7. The quantitative estimate of drug-likeness (QED) is 0.883. The molecule has 0 radical (unpaired) electrons. The van der Waals surface area contributed by atoms with E-state index in [0.29, 0.717) is 15.6 Å². The molecule has 0 bridgehead atoms. The third-order valence-electron chi connectivity index (χ3n) is 3.26. The second-order valence-electron chi connectivity index (χ2n) is 4.44. The van der Waals surface area contributed by atoms with Crippen molar-refractivity contribution in [3.63, 3.8) is 0 Å². The van der Waals surface area contributed by atoms with Crippen molar-refractivity contribution >= 4 is 28.8 Å². The summed E-state index contributed by atoms with van der Waals surface area (Å²) in [6.07, 6.45) is 0.969. The monoisotopic (exact) mass is 293 g/mol. The SMILES string of the molecule is CCc1c(C)nn(-c2ccc(C(N)=S)c(Cl)c2)c1C. The average molecular weight is 294 g/mol. The summed E-state index contributed by atoms with van der Waals surface area (Å²) in [7, 11) is 0. The van der Waals surface area contributed by atoms with Crippen LogP contribution in [0.4, 0.5) is 0 Å². The zero-order chi connectivity index (χ0) is 14.2. The van der Waals surface area contributed by atoms with E-state index < -0.39 is 0 Å². The van der Waals surface area contributed by atoms with Gasteiger partial charge in [-0.25, -0.2) is 4.68 Å². The van der Waals surface area contributed by atoms with Crippen molar-refractivity contribution in [1.29, 1.82) is 0 Å². The normalized spacial score (nSPS) is 10.7. The highest BCUT2D eigenvalue weighted by atomic mass is 35.5. The molecule has 1 aromatic carbocycles. The minimum Gasteiger partial charge on any atom is -0.389 e. The summed E-state index contributed by atoms with van der Waals surface area (Å²) in [6, 6.07) is 5.61. The predicted octanol–water partition coefficient (Wildman–Crippen LogP) is 3.34. The Morgan fingerprint density at radius 1 is 1.42 bits per heavy atom. The molecule has 2 aromatic rings. The molecule has 1 aromatic heterocycles. The first-order valence-corrected chi connectivity index (χ1v) is 6.89. The number of hydrogen-bond acceptors (Lipinski definition) is 2. The van der Waals surface area contributed by atoms with Crippen molar-refractivity contribution in [2.24, 2.45) is 5.73 Å². The van der Waals surface area contributed by atoms with Crippen molar-refractivity contribution in [2.75, 3.05) is 0 Å². The number of thiocarbonyl (C=S) groups is 1. The lowest BCUT2D eigenvalue weighted by molar-refractivity contribution is 0.832. The lowest BCUT2D eigenvalue weighted by Crippen LogP contribution is -2.10. The Labute approximate surface area is 123 Å². The van der Waals surface area contributed by atoms with Crippen molar-refractivity contribution in [1.82, 2.24) is 9.78 Å². The van der Waals surface area contributed by atoms with Gasteiger partial charge in [0.05, 0.1) is 16.4 Å². The summed E-state index contributed by atoms with van der Waals surface area (Å²) >= 11 is 11.1. The van der Waals surface area contributed by atoms with Gasteiger partial charge in [-0.1, -0.05) is 30.7 Å². The summed E-state index contributed by atoms with van der Waals surface area (Å²) < 4.78 is 1.91. The maximum absolute atomic E-state index is 6.20.